The molecule has 0 fully saturated rings. The minimum Gasteiger partial charge on any atom is -0.462 e. The fourth-order valence-corrected chi connectivity index (χ4v) is 12.1. The Labute approximate surface area is 543 Å². The number of phosphoric acid groups is 2. The second kappa shape index (κ2) is 61.0. The minimum absolute atomic E-state index is 0.102. The number of rotatable bonds is 68. The topological polar surface area (TPSA) is 237 Å². The number of ether oxygens (including phenoxy) is 4. The fraction of sp³-hybridized carbons (Fsp3) is 0.943. The standard InChI is InChI=1S/C70H136O17P2/c1-8-11-12-13-14-28-37-44-51-67(72)80-57-66(87-70(75)54-47-40-33-31-36-43-50-63(7)10-3)60-85-89(78,79)83-56-64(71)55-82-88(76,77)84-59-65(58-81-68(73)52-45-38-32-30-35-42-49-62(6)9-2)86-69(74)53-46-39-29-26-24-22-20-18-16-15-17-19-21-23-25-27-34-41-48-61(4)5/h61-66,71H,8-60H2,1-7H3,(H,76,77)(H,78,79)/t62?,63?,64-,65-,66-/m1/s1. The van der Waals surface area contributed by atoms with Crippen LogP contribution < -0.4 is 0 Å². The fourth-order valence-electron chi connectivity index (χ4n) is 10.5. The number of hydrogen-bond acceptors (Lipinski definition) is 15. The lowest BCUT2D eigenvalue weighted by atomic mass is 10.00. The van der Waals surface area contributed by atoms with Gasteiger partial charge in [0.1, 0.15) is 19.3 Å². The Balaban J connectivity index is 5.14. The molecule has 0 amide bonds. The highest BCUT2D eigenvalue weighted by Crippen LogP contribution is 2.45. The van der Waals surface area contributed by atoms with Crippen molar-refractivity contribution in [2.75, 3.05) is 39.6 Å². The van der Waals surface area contributed by atoms with Crippen LogP contribution >= 0.6 is 15.6 Å². The van der Waals surface area contributed by atoms with Gasteiger partial charge in [0.2, 0.25) is 0 Å². The third kappa shape index (κ3) is 62.0. The summed E-state index contributed by atoms with van der Waals surface area (Å²) >= 11 is 0. The molecule has 0 spiro atoms. The van der Waals surface area contributed by atoms with E-state index in [1.807, 2.05) is 0 Å². The highest BCUT2D eigenvalue weighted by atomic mass is 31.2. The summed E-state index contributed by atoms with van der Waals surface area (Å²) < 4.78 is 68.1. The lowest BCUT2D eigenvalue weighted by Gasteiger charge is -2.21. The SMILES string of the molecule is CCCCCCCCCCC(=O)OC[C@H](COP(=O)(O)OC[C@H](O)COP(=O)(O)OC[C@@H](COC(=O)CCCCCCCCC(C)CC)OC(=O)CCCCCCCCCCCCCCCCCCCCC(C)C)OC(=O)CCCCCCCCC(C)CC. The van der Waals surface area contributed by atoms with Crippen molar-refractivity contribution >= 4 is 39.5 Å². The number of carbonyl (C=O) groups excluding carboxylic acids is 4. The third-order valence-corrected chi connectivity index (χ3v) is 18.8. The average Bonchev–Trinajstić information content (AvgIpc) is 3.68. The van der Waals surface area contributed by atoms with E-state index in [1.54, 1.807) is 0 Å². The van der Waals surface area contributed by atoms with Crippen LogP contribution in [0.4, 0.5) is 0 Å². The molecule has 0 saturated carbocycles. The van der Waals surface area contributed by atoms with Crippen molar-refractivity contribution in [1.82, 2.24) is 0 Å². The molecule has 0 rings (SSSR count). The number of aliphatic hydroxyl groups excluding tert-OH is 1. The summed E-state index contributed by atoms with van der Waals surface area (Å²) in [5.41, 5.74) is 0. The normalized spacial score (nSPS) is 14.8. The van der Waals surface area contributed by atoms with Crippen LogP contribution in [-0.2, 0) is 65.4 Å². The summed E-state index contributed by atoms with van der Waals surface area (Å²) in [5.74, 6) is 0.137. The molecule has 17 nitrogen and oxygen atoms in total. The van der Waals surface area contributed by atoms with Crippen molar-refractivity contribution in [3.63, 3.8) is 0 Å². The Hall–Kier alpha value is -1.94. The molecule has 7 atom stereocenters. The Morgan fingerprint density at radius 3 is 0.854 bits per heavy atom. The van der Waals surface area contributed by atoms with Crippen molar-refractivity contribution in [3.8, 4) is 0 Å². The maximum atomic E-state index is 13.0. The average molecular weight is 1310 g/mol. The molecule has 0 heterocycles. The molecule has 0 aromatic carbocycles. The molecule has 0 aromatic heterocycles. The van der Waals surface area contributed by atoms with Gasteiger partial charge in [-0.1, -0.05) is 299 Å². The molecule has 0 aliphatic heterocycles. The quantitative estimate of drug-likeness (QED) is 0.0222. The zero-order valence-electron chi connectivity index (χ0n) is 57.9. The Bertz CT molecular complexity index is 1750. The van der Waals surface area contributed by atoms with E-state index in [1.165, 1.54) is 148 Å². The van der Waals surface area contributed by atoms with Gasteiger partial charge in [0.05, 0.1) is 26.4 Å². The van der Waals surface area contributed by atoms with E-state index in [0.717, 1.165) is 120 Å². The number of phosphoric ester groups is 2. The van der Waals surface area contributed by atoms with E-state index < -0.39 is 97.5 Å². The zero-order valence-corrected chi connectivity index (χ0v) is 59.7. The van der Waals surface area contributed by atoms with Crippen molar-refractivity contribution in [2.24, 2.45) is 17.8 Å². The molecule has 0 aromatic rings. The maximum Gasteiger partial charge on any atom is 0.472 e. The molecule has 19 heteroatoms. The van der Waals surface area contributed by atoms with E-state index >= 15 is 0 Å². The molecule has 4 unspecified atom stereocenters. The van der Waals surface area contributed by atoms with Crippen LogP contribution in [0.25, 0.3) is 0 Å². The molecule has 0 saturated heterocycles. The molecular weight excluding hydrogens is 1170 g/mol. The van der Waals surface area contributed by atoms with E-state index in [2.05, 4.69) is 48.5 Å². The highest BCUT2D eigenvalue weighted by molar-refractivity contribution is 7.47. The summed E-state index contributed by atoms with van der Waals surface area (Å²) in [4.78, 5) is 72.4. The molecule has 89 heavy (non-hydrogen) atoms. The van der Waals surface area contributed by atoms with E-state index in [9.17, 15) is 43.2 Å². The van der Waals surface area contributed by atoms with Crippen molar-refractivity contribution < 1.29 is 80.2 Å². The van der Waals surface area contributed by atoms with Crippen LogP contribution in [0.1, 0.15) is 350 Å². The van der Waals surface area contributed by atoms with Gasteiger partial charge in [0.15, 0.2) is 12.2 Å². The number of esters is 4. The van der Waals surface area contributed by atoms with E-state index in [4.69, 9.17) is 37.0 Å². The van der Waals surface area contributed by atoms with Gasteiger partial charge in [-0.2, -0.15) is 0 Å². The highest BCUT2D eigenvalue weighted by Gasteiger charge is 2.30. The molecule has 0 bridgehead atoms. The van der Waals surface area contributed by atoms with Gasteiger partial charge in [0, 0.05) is 25.7 Å². The van der Waals surface area contributed by atoms with Crippen LogP contribution in [0.3, 0.4) is 0 Å². The predicted octanol–water partition coefficient (Wildman–Crippen LogP) is 19.8. The van der Waals surface area contributed by atoms with Crippen molar-refractivity contribution in [2.45, 2.75) is 369 Å². The lowest BCUT2D eigenvalue weighted by Crippen LogP contribution is -2.30. The van der Waals surface area contributed by atoms with Crippen molar-refractivity contribution in [3.05, 3.63) is 0 Å². The Kier molecular flexibility index (Phi) is 59.6. The third-order valence-electron chi connectivity index (χ3n) is 16.9. The molecule has 3 N–H and O–H groups in total. The molecule has 0 aliphatic carbocycles. The molecule has 0 aliphatic rings. The first-order valence-corrected chi connectivity index (χ1v) is 39.4. The van der Waals surface area contributed by atoms with Gasteiger partial charge in [-0.05, 0) is 43.4 Å². The largest absolute Gasteiger partial charge is 0.472 e. The summed E-state index contributed by atoms with van der Waals surface area (Å²) in [5, 5.41) is 10.6. The molecular formula is C70H136O17P2. The number of hydrogen-bond donors (Lipinski definition) is 3. The smallest absolute Gasteiger partial charge is 0.462 e. The van der Waals surface area contributed by atoms with E-state index in [0.29, 0.717) is 25.7 Å². The molecule has 0 radical (unpaired) electrons. The minimum atomic E-state index is -4.95. The first kappa shape index (κ1) is 87.1. The summed E-state index contributed by atoms with van der Waals surface area (Å²) in [6, 6.07) is 0. The summed E-state index contributed by atoms with van der Waals surface area (Å²) in [6.07, 6.45) is 44.7. The second-order valence-corrected chi connectivity index (χ2v) is 29.1. The van der Waals surface area contributed by atoms with Crippen LogP contribution in [-0.4, -0.2) is 96.7 Å². The molecule has 528 valence electrons. The number of unbranched alkanes of at least 4 members (excludes halogenated alkanes) is 34. The van der Waals surface area contributed by atoms with Crippen LogP contribution in [0, 0.1) is 17.8 Å². The van der Waals surface area contributed by atoms with Crippen molar-refractivity contribution in [1.29, 1.82) is 0 Å². The maximum absolute atomic E-state index is 13.0. The van der Waals surface area contributed by atoms with Gasteiger partial charge < -0.3 is 33.8 Å². The van der Waals surface area contributed by atoms with Gasteiger partial charge in [-0.3, -0.25) is 37.3 Å². The Morgan fingerprint density at radius 1 is 0.326 bits per heavy atom. The first-order chi connectivity index (χ1) is 42.8. The van der Waals surface area contributed by atoms with Gasteiger partial charge >= 0.3 is 39.5 Å². The monoisotopic (exact) mass is 1310 g/mol. The van der Waals surface area contributed by atoms with Crippen LogP contribution in [0.15, 0.2) is 0 Å². The van der Waals surface area contributed by atoms with Gasteiger partial charge in [-0.25, -0.2) is 9.13 Å². The number of aliphatic hydroxyl groups is 1. The predicted molar refractivity (Wildman–Crippen MR) is 358 cm³/mol. The first-order valence-electron chi connectivity index (χ1n) is 36.4. The summed E-state index contributed by atoms with van der Waals surface area (Å²) in [6.45, 7) is 11.8. The Morgan fingerprint density at radius 2 is 0.573 bits per heavy atom. The van der Waals surface area contributed by atoms with Gasteiger partial charge in [-0.15, -0.1) is 0 Å². The van der Waals surface area contributed by atoms with Gasteiger partial charge in [0.25, 0.3) is 0 Å². The summed E-state index contributed by atoms with van der Waals surface area (Å²) in [7, 11) is -9.89. The zero-order chi connectivity index (χ0) is 65.9. The van der Waals surface area contributed by atoms with Crippen LogP contribution in [0.5, 0.6) is 0 Å². The number of carbonyl (C=O) groups is 4. The van der Waals surface area contributed by atoms with Crippen LogP contribution in [0.2, 0.25) is 0 Å². The lowest BCUT2D eigenvalue weighted by molar-refractivity contribution is -0.161. The van der Waals surface area contributed by atoms with E-state index in [-0.39, 0.29) is 25.7 Å². The second-order valence-electron chi connectivity index (χ2n) is 26.2.